The number of carbonyl (C=O) groups excluding carboxylic acids is 2. The molecule has 1 aliphatic carbocycles. The third-order valence-electron chi connectivity index (χ3n) is 4.98. The highest BCUT2D eigenvalue weighted by Crippen LogP contribution is 2.57. The fourth-order valence-corrected chi connectivity index (χ4v) is 3.66. The van der Waals surface area contributed by atoms with Gasteiger partial charge in [0, 0.05) is 25.0 Å². The largest absolute Gasteiger partial charge is 0.468 e. The van der Waals surface area contributed by atoms with E-state index in [9.17, 15) is 9.59 Å². The first-order valence-electron chi connectivity index (χ1n) is 6.99. The first-order chi connectivity index (χ1) is 9.26. The van der Waals surface area contributed by atoms with E-state index in [-0.39, 0.29) is 24.5 Å². The molecule has 2 aliphatic rings. The number of nitrogens with two attached hydrogens (primary N) is 1. The zero-order valence-electron chi connectivity index (χ0n) is 12.6. The summed E-state index contributed by atoms with van der Waals surface area (Å²) in [4.78, 5) is 25.4. The molecule has 2 rings (SSSR count). The van der Waals surface area contributed by atoms with Crippen LogP contribution in [0.1, 0.15) is 26.7 Å². The number of likely N-dealkylation sites (N-methyl/N-ethyl adjacent to an activating group) is 1. The molecule has 1 heterocycles. The van der Waals surface area contributed by atoms with E-state index in [0.29, 0.717) is 0 Å². The lowest BCUT2D eigenvalue weighted by Gasteiger charge is -2.65. The summed E-state index contributed by atoms with van der Waals surface area (Å²) in [6.45, 7) is 4.57. The summed E-state index contributed by atoms with van der Waals surface area (Å²) in [5, 5.41) is 0. The third kappa shape index (κ3) is 1.93. The van der Waals surface area contributed by atoms with E-state index in [4.69, 9.17) is 10.5 Å². The highest BCUT2D eigenvalue weighted by Gasteiger charge is 2.70. The smallest absolute Gasteiger partial charge is 0.325 e. The highest BCUT2D eigenvalue weighted by molar-refractivity contribution is 5.91. The van der Waals surface area contributed by atoms with Gasteiger partial charge in [-0.25, -0.2) is 0 Å². The van der Waals surface area contributed by atoms with Gasteiger partial charge in [0.2, 0.25) is 5.91 Å². The van der Waals surface area contributed by atoms with Gasteiger partial charge in [0.1, 0.15) is 12.1 Å². The van der Waals surface area contributed by atoms with Gasteiger partial charge < -0.3 is 20.1 Å². The molecule has 6 heteroatoms. The number of hydrogen-bond acceptors (Lipinski definition) is 5. The van der Waals surface area contributed by atoms with Gasteiger partial charge in [-0.15, -0.1) is 0 Å². The van der Waals surface area contributed by atoms with Gasteiger partial charge in [-0.2, -0.15) is 0 Å². The minimum absolute atomic E-state index is 0.0247. The summed E-state index contributed by atoms with van der Waals surface area (Å²) in [5.74, 6) is -0.628. The first kappa shape index (κ1) is 15.3. The lowest BCUT2D eigenvalue weighted by molar-refractivity contribution is -0.229. The Kier molecular flexibility index (Phi) is 3.81. The average molecular weight is 284 g/mol. The quantitative estimate of drug-likeness (QED) is 0.746. The fraction of sp³-hybridized carbons (Fsp3) is 0.857. The van der Waals surface area contributed by atoms with Crippen LogP contribution in [0.4, 0.5) is 0 Å². The predicted molar refractivity (Wildman–Crippen MR) is 72.8 cm³/mol. The molecule has 2 fully saturated rings. The molecule has 0 aromatic rings. The number of nitrogens with zero attached hydrogens (tertiary/aromatic N) is 1. The van der Waals surface area contributed by atoms with Crippen molar-refractivity contribution in [1.82, 2.24) is 4.90 Å². The molecular weight excluding hydrogens is 260 g/mol. The summed E-state index contributed by atoms with van der Waals surface area (Å²) in [7, 11) is 2.89. The molecule has 3 atom stereocenters. The van der Waals surface area contributed by atoms with Gasteiger partial charge in [0.25, 0.3) is 0 Å². The number of methoxy groups -OCH3 is 1. The molecule has 0 aromatic heterocycles. The summed E-state index contributed by atoms with van der Waals surface area (Å²) < 4.78 is 10.4. The number of fused-ring (bicyclic) bond motifs is 1. The summed E-state index contributed by atoms with van der Waals surface area (Å²) in [6, 6.07) is 0. The van der Waals surface area contributed by atoms with E-state index in [0.717, 1.165) is 19.4 Å². The molecule has 2 N–H and O–H groups in total. The van der Waals surface area contributed by atoms with E-state index in [1.54, 1.807) is 7.05 Å². The van der Waals surface area contributed by atoms with Gasteiger partial charge in [0.05, 0.1) is 13.2 Å². The van der Waals surface area contributed by atoms with Crippen molar-refractivity contribution >= 4 is 11.9 Å². The Balaban J connectivity index is 2.17. The van der Waals surface area contributed by atoms with Gasteiger partial charge in [-0.05, 0) is 12.8 Å². The number of hydrogen-bond donors (Lipinski definition) is 1. The maximum absolute atomic E-state index is 12.7. The predicted octanol–water partition coefficient (Wildman–Crippen LogP) is 0.150. The van der Waals surface area contributed by atoms with Crippen molar-refractivity contribution in [1.29, 1.82) is 0 Å². The van der Waals surface area contributed by atoms with Crippen LogP contribution in [0.2, 0.25) is 0 Å². The fourth-order valence-electron chi connectivity index (χ4n) is 3.66. The molecule has 3 unspecified atom stereocenters. The topological polar surface area (TPSA) is 81.9 Å². The standard InChI is InChI=1S/C14H24N2O4/c1-13(2)11-9(6-5-7-20-11)14(13,15)12(18)16(3)8-10(17)19-4/h9,11H,5-8,15H2,1-4H3. The number of esters is 1. The molecule has 20 heavy (non-hydrogen) atoms. The summed E-state index contributed by atoms with van der Waals surface area (Å²) >= 11 is 0. The lowest BCUT2D eigenvalue weighted by Crippen LogP contribution is -2.82. The van der Waals surface area contributed by atoms with Crippen LogP contribution in [0.3, 0.4) is 0 Å². The molecule has 1 saturated carbocycles. The van der Waals surface area contributed by atoms with Crippen LogP contribution in [0.25, 0.3) is 0 Å². The third-order valence-corrected chi connectivity index (χ3v) is 4.98. The van der Waals surface area contributed by atoms with Crippen LogP contribution in [0, 0.1) is 11.3 Å². The minimum atomic E-state index is -0.971. The monoisotopic (exact) mass is 284 g/mol. The van der Waals surface area contributed by atoms with Gasteiger partial charge in [0.15, 0.2) is 0 Å². The van der Waals surface area contributed by atoms with Crippen molar-refractivity contribution in [2.45, 2.75) is 38.3 Å². The maximum atomic E-state index is 12.7. The first-order valence-corrected chi connectivity index (χ1v) is 6.99. The maximum Gasteiger partial charge on any atom is 0.325 e. The molecule has 114 valence electrons. The second kappa shape index (κ2) is 5.00. The average Bonchev–Trinajstić information content (AvgIpc) is 2.45. The highest BCUT2D eigenvalue weighted by atomic mass is 16.5. The van der Waals surface area contributed by atoms with Crippen molar-refractivity contribution in [3.05, 3.63) is 0 Å². The van der Waals surface area contributed by atoms with E-state index < -0.39 is 16.9 Å². The SMILES string of the molecule is COC(=O)CN(C)C(=O)C1(N)C2CCCOC2C1(C)C. The van der Waals surface area contributed by atoms with Crippen LogP contribution >= 0.6 is 0 Å². The Morgan fingerprint density at radius 2 is 2.10 bits per heavy atom. The van der Waals surface area contributed by atoms with Crippen molar-refractivity contribution in [2.75, 3.05) is 27.3 Å². The molecule has 0 aromatic carbocycles. The number of carbonyl (C=O) groups is 2. The second-order valence-corrected chi connectivity index (χ2v) is 6.37. The Hall–Kier alpha value is -1.14. The van der Waals surface area contributed by atoms with Crippen LogP contribution in [0.5, 0.6) is 0 Å². The summed E-state index contributed by atoms with van der Waals surface area (Å²) in [5.41, 5.74) is 5.07. The molecule has 1 saturated heterocycles. The van der Waals surface area contributed by atoms with Crippen molar-refractivity contribution < 1.29 is 19.1 Å². The minimum Gasteiger partial charge on any atom is -0.468 e. The molecule has 1 amide bonds. The Bertz CT molecular complexity index is 423. The summed E-state index contributed by atoms with van der Waals surface area (Å²) in [6.07, 6.45) is 1.84. The van der Waals surface area contributed by atoms with Gasteiger partial charge in [-0.1, -0.05) is 13.8 Å². The van der Waals surface area contributed by atoms with E-state index >= 15 is 0 Å². The Labute approximate surface area is 119 Å². The number of rotatable bonds is 3. The van der Waals surface area contributed by atoms with E-state index in [1.165, 1.54) is 12.0 Å². The van der Waals surface area contributed by atoms with Crippen LogP contribution in [-0.2, 0) is 19.1 Å². The zero-order valence-corrected chi connectivity index (χ0v) is 12.6. The molecule has 0 spiro atoms. The number of ether oxygens (including phenoxy) is 2. The van der Waals surface area contributed by atoms with E-state index in [1.807, 2.05) is 13.8 Å². The van der Waals surface area contributed by atoms with Gasteiger partial charge in [-0.3, -0.25) is 9.59 Å². The van der Waals surface area contributed by atoms with Crippen LogP contribution in [-0.4, -0.2) is 55.7 Å². The normalized spacial score (nSPS) is 34.6. The van der Waals surface area contributed by atoms with Gasteiger partial charge >= 0.3 is 5.97 Å². The molecule has 0 bridgehead atoms. The Morgan fingerprint density at radius 1 is 1.45 bits per heavy atom. The van der Waals surface area contributed by atoms with Crippen LogP contribution < -0.4 is 5.73 Å². The molecule has 1 aliphatic heterocycles. The van der Waals surface area contributed by atoms with Crippen molar-refractivity contribution in [3.63, 3.8) is 0 Å². The van der Waals surface area contributed by atoms with E-state index in [2.05, 4.69) is 4.74 Å². The van der Waals surface area contributed by atoms with Crippen LogP contribution in [0.15, 0.2) is 0 Å². The molecule has 0 radical (unpaired) electrons. The number of amides is 1. The van der Waals surface area contributed by atoms with Crippen molar-refractivity contribution in [3.8, 4) is 0 Å². The van der Waals surface area contributed by atoms with Crippen molar-refractivity contribution in [2.24, 2.45) is 17.1 Å². The zero-order chi connectivity index (χ0) is 15.1. The lowest BCUT2D eigenvalue weighted by atomic mass is 9.46. The second-order valence-electron chi connectivity index (χ2n) is 6.37. The Morgan fingerprint density at radius 3 is 2.70 bits per heavy atom. The molecular formula is C14H24N2O4. The molecule has 6 nitrogen and oxygen atoms in total.